The van der Waals surface area contributed by atoms with Crippen LogP contribution in [0.5, 0.6) is 0 Å². The molecular formula is C21H27N4O3+. The fourth-order valence-corrected chi connectivity index (χ4v) is 3.52. The van der Waals surface area contributed by atoms with Crippen LogP contribution in [0.25, 0.3) is 0 Å². The Morgan fingerprint density at radius 1 is 1.14 bits per heavy atom. The van der Waals surface area contributed by atoms with Crippen LogP contribution in [-0.2, 0) is 4.79 Å². The number of rotatable bonds is 5. The maximum Gasteiger partial charge on any atom is 0.279 e. The number of nitrogens with one attached hydrogen (secondary N) is 3. The highest BCUT2D eigenvalue weighted by atomic mass is 16.2. The average molecular weight is 383 g/mol. The summed E-state index contributed by atoms with van der Waals surface area (Å²) in [6.07, 6.45) is 1.56. The molecule has 1 aromatic carbocycles. The molecule has 0 bridgehead atoms. The van der Waals surface area contributed by atoms with Gasteiger partial charge in [0.2, 0.25) is 0 Å². The van der Waals surface area contributed by atoms with Gasteiger partial charge >= 0.3 is 0 Å². The predicted octanol–water partition coefficient (Wildman–Crippen LogP) is 0.814. The Morgan fingerprint density at radius 2 is 1.79 bits per heavy atom. The molecule has 1 aliphatic rings. The molecule has 1 aromatic heterocycles. The second-order valence-electron chi connectivity index (χ2n) is 7.39. The van der Waals surface area contributed by atoms with Crippen LogP contribution in [0.15, 0.2) is 30.5 Å². The van der Waals surface area contributed by atoms with Gasteiger partial charge < -0.3 is 20.1 Å². The Labute approximate surface area is 164 Å². The van der Waals surface area contributed by atoms with Crippen LogP contribution in [0.1, 0.15) is 38.9 Å². The highest BCUT2D eigenvalue weighted by Crippen LogP contribution is 2.18. The third-order valence-electron chi connectivity index (χ3n) is 5.23. The van der Waals surface area contributed by atoms with E-state index in [1.165, 1.54) is 6.92 Å². The van der Waals surface area contributed by atoms with Crippen LogP contribution in [0, 0.1) is 13.8 Å². The number of hydrogen-bond donors (Lipinski definition) is 3. The Hall–Kier alpha value is -2.93. The van der Waals surface area contributed by atoms with Gasteiger partial charge in [0.25, 0.3) is 11.8 Å². The van der Waals surface area contributed by atoms with Gasteiger partial charge in [0.15, 0.2) is 12.3 Å². The fraction of sp³-hybridized carbons (Fsp3) is 0.381. The molecule has 2 aromatic rings. The van der Waals surface area contributed by atoms with Crippen LogP contribution in [0.2, 0.25) is 0 Å². The number of aryl methyl sites for hydroxylation is 2. The highest BCUT2D eigenvalue weighted by Gasteiger charge is 2.27. The van der Waals surface area contributed by atoms with E-state index in [4.69, 9.17) is 0 Å². The smallest absolute Gasteiger partial charge is 0.279 e. The summed E-state index contributed by atoms with van der Waals surface area (Å²) in [5, 5.41) is 3.02. The lowest BCUT2D eigenvalue weighted by Gasteiger charge is -2.31. The van der Waals surface area contributed by atoms with E-state index in [2.05, 4.69) is 10.3 Å². The molecule has 0 unspecified atom stereocenters. The molecule has 3 rings (SSSR count). The van der Waals surface area contributed by atoms with Gasteiger partial charge in [0.05, 0.1) is 26.2 Å². The average Bonchev–Trinajstić information content (AvgIpc) is 3.15. The Bertz CT molecular complexity index is 875. The summed E-state index contributed by atoms with van der Waals surface area (Å²) in [6, 6.07) is 7.54. The Morgan fingerprint density at radius 3 is 2.36 bits per heavy atom. The molecular weight excluding hydrogens is 356 g/mol. The van der Waals surface area contributed by atoms with Crippen LogP contribution in [0.4, 0.5) is 5.69 Å². The molecule has 1 saturated heterocycles. The van der Waals surface area contributed by atoms with E-state index < -0.39 is 0 Å². The predicted molar refractivity (Wildman–Crippen MR) is 107 cm³/mol. The van der Waals surface area contributed by atoms with Gasteiger partial charge in [-0.2, -0.15) is 0 Å². The molecule has 3 N–H and O–H groups in total. The summed E-state index contributed by atoms with van der Waals surface area (Å²) < 4.78 is 0. The number of carbonyl (C=O) groups is 3. The normalized spacial score (nSPS) is 14.8. The van der Waals surface area contributed by atoms with Crippen molar-refractivity contribution in [3.8, 4) is 0 Å². The SMILES string of the molecule is CC(=O)c1c[nH]c(C(=O)N2CC[NH+](CC(=O)Nc3c(C)cccc3C)CC2)c1. The van der Waals surface area contributed by atoms with E-state index in [1.807, 2.05) is 32.0 Å². The number of benzene rings is 1. The first-order valence-electron chi connectivity index (χ1n) is 9.53. The van der Waals surface area contributed by atoms with Crippen LogP contribution in [0.3, 0.4) is 0 Å². The number of quaternary nitrogens is 1. The van der Waals surface area contributed by atoms with Crippen molar-refractivity contribution in [2.45, 2.75) is 20.8 Å². The molecule has 0 saturated carbocycles. The molecule has 2 heterocycles. The number of anilines is 1. The monoisotopic (exact) mass is 383 g/mol. The molecule has 0 aliphatic carbocycles. The summed E-state index contributed by atoms with van der Waals surface area (Å²) in [7, 11) is 0. The van der Waals surface area contributed by atoms with Crippen LogP contribution in [-0.4, -0.2) is 60.2 Å². The minimum absolute atomic E-state index is 0.0114. The lowest BCUT2D eigenvalue weighted by atomic mass is 10.1. The maximum atomic E-state index is 12.6. The third kappa shape index (κ3) is 4.48. The molecule has 28 heavy (non-hydrogen) atoms. The zero-order chi connectivity index (χ0) is 20.3. The number of H-pyrrole nitrogens is 1. The van der Waals surface area contributed by atoms with Gasteiger partial charge in [-0.15, -0.1) is 0 Å². The standard InChI is InChI=1S/C21H26N4O3/c1-14-5-4-6-15(2)20(14)23-19(27)13-24-7-9-25(10-8-24)21(28)18-11-17(12-22-18)16(3)26/h4-6,11-12,22H,7-10,13H2,1-3H3,(H,23,27)/p+1. The van der Waals surface area contributed by atoms with E-state index in [0.29, 0.717) is 44.0 Å². The number of nitrogens with zero attached hydrogens (tertiary/aromatic N) is 1. The van der Waals surface area contributed by atoms with E-state index in [0.717, 1.165) is 21.7 Å². The van der Waals surface area contributed by atoms with Crippen molar-refractivity contribution in [2.24, 2.45) is 0 Å². The summed E-state index contributed by atoms with van der Waals surface area (Å²) in [6.45, 7) is 8.42. The zero-order valence-electron chi connectivity index (χ0n) is 16.6. The van der Waals surface area contributed by atoms with Crippen LogP contribution < -0.4 is 10.2 Å². The van der Waals surface area contributed by atoms with Crippen molar-refractivity contribution in [3.05, 3.63) is 52.8 Å². The fourth-order valence-electron chi connectivity index (χ4n) is 3.52. The number of carbonyl (C=O) groups excluding carboxylic acids is 3. The Kier molecular flexibility index (Phi) is 5.94. The largest absolute Gasteiger partial charge is 0.356 e. The second-order valence-corrected chi connectivity index (χ2v) is 7.39. The number of amides is 2. The number of para-hydroxylation sites is 1. The quantitative estimate of drug-likeness (QED) is 0.668. The number of aromatic nitrogens is 1. The second kappa shape index (κ2) is 8.39. The number of aromatic amines is 1. The summed E-state index contributed by atoms with van der Waals surface area (Å²) >= 11 is 0. The van der Waals surface area contributed by atoms with Gasteiger partial charge in [-0.1, -0.05) is 18.2 Å². The van der Waals surface area contributed by atoms with Gasteiger partial charge in [0, 0.05) is 17.4 Å². The lowest BCUT2D eigenvalue weighted by molar-refractivity contribution is -0.895. The maximum absolute atomic E-state index is 12.6. The zero-order valence-corrected chi connectivity index (χ0v) is 16.6. The molecule has 1 aliphatic heterocycles. The van der Waals surface area contributed by atoms with Gasteiger partial charge in [-0.05, 0) is 38.0 Å². The minimum atomic E-state index is -0.105. The number of hydrogen-bond acceptors (Lipinski definition) is 3. The molecule has 7 heteroatoms. The van der Waals surface area contributed by atoms with Crippen molar-refractivity contribution >= 4 is 23.3 Å². The van der Waals surface area contributed by atoms with Gasteiger partial charge in [-0.25, -0.2) is 0 Å². The molecule has 148 valence electrons. The summed E-state index contributed by atoms with van der Waals surface area (Å²) in [5.41, 5.74) is 3.93. The highest BCUT2D eigenvalue weighted by molar-refractivity contribution is 5.99. The number of Topliss-reactive ketones (excluding diaryl/α,β-unsaturated/α-hetero) is 1. The molecule has 1 fully saturated rings. The molecule has 0 radical (unpaired) electrons. The number of piperazine rings is 1. The molecule has 0 atom stereocenters. The minimum Gasteiger partial charge on any atom is -0.356 e. The van der Waals surface area contributed by atoms with Crippen molar-refractivity contribution in [1.82, 2.24) is 9.88 Å². The first kappa shape index (κ1) is 19.8. The van der Waals surface area contributed by atoms with E-state index in [-0.39, 0.29) is 17.6 Å². The van der Waals surface area contributed by atoms with Gasteiger partial charge in [-0.3, -0.25) is 14.4 Å². The molecule has 0 spiro atoms. The Balaban J connectivity index is 1.51. The summed E-state index contributed by atoms with van der Waals surface area (Å²) in [5.74, 6) is -0.186. The third-order valence-corrected chi connectivity index (χ3v) is 5.23. The van der Waals surface area contributed by atoms with E-state index in [1.54, 1.807) is 17.2 Å². The lowest BCUT2D eigenvalue weighted by Crippen LogP contribution is -3.15. The van der Waals surface area contributed by atoms with Crippen molar-refractivity contribution in [2.75, 3.05) is 38.0 Å². The van der Waals surface area contributed by atoms with Crippen molar-refractivity contribution in [3.63, 3.8) is 0 Å². The van der Waals surface area contributed by atoms with E-state index in [9.17, 15) is 14.4 Å². The van der Waals surface area contributed by atoms with Crippen LogP contribution >= 0.6 is 0 Å². The van der Waals surface area contributed by atoms with Gasteiger partial charge in [0.1, 0.15) is 5.69 Å². The number of ketones is 1. The first-order valence-corrected chi connectivity index (χ1v) is 9.53. The first-order chi connectivity index (χ1) is 13.3. The molecule has 7 nitrogen and oxygen atoms in total. The summed E-state index contributed by atoms with van der Waals surface area (Å²) in [4.78, 5) is 42.2. The van der Waals surface area contributed by atoms with Crippen molar-refractivity contribution in [1.29, 1.82) is 0 Å². The van der Waals surface area contributed by atoms with E-state index >= 15 is 0 Å². The van der Waals surface area contributed by atoms with Crippen molar-refractivity contribution < 1.29 is 19.3 Å². The molecule has 2 amide bonds. The topological polar surface area (TPSA) is 86.7 Å².